The van der Waals surface area contributed by atoms with Crippen molar-refractivity contribution in [2.75, 3.05) is 19.6 Å². The van der Waals surface area contributed by atoms with Gasteiger partial charge in [-0.1, -0.05) is 91.0 Å². The topological polar surface area (TPSA) is 28.4 Å². The highest BCUT2D eigenvalue weighted by molar-refractivity contribution is 5.33. The fraction of sp³-hybridized carbons (Fsp3) is 0.267. The Bertz CT molecular complexity index is 1050. The number of hydrogen-bond acceptors (Lipinski definition) is 3. The minimum atomic E-state index is 0.127. The molecule has 1 fully saturated rings. The molecule has 0 saturated carbocycles. The average Bonchev–Trinajstić information content (AvgIpc) is 3.41. The van der Waals surface area contributed by atoms with E-state index >= 15 is 0 Å². The van der Waals surface area contributed by atoms with E-state index in [9.17, 15) is 0 Å². The van der Waals surface area contributed by atoms with Crippen molar-refractivity contribution in [3.05, 3.63) is 132 Å². The molecule has 168 valence electrons. The number of hydrogen-bond donors (Lipinski definition) is 1. The molecule has 0 amide bonds. The van der Waals surface area contributed by atoms with Crippen molar-refractivity contribution in [2.24, 2.45) is 0 Å². The Kier molecular flexibility index (Phi) is 6.71. The highest BCUT2D eigenvalue weighted by Gasteiger charge is 2.38. The monoisotopic (exact) mass is 436 g/mol. The molecule has 1 N–H and O–H groups in total. The summed E-state index contributed by atoms with van der Waals surface area (Å²) in [5, 5.41) is 3.69. The first-order valence-electron chi connectivity index (χ1n) is 12.0. The SMILES string of the molecule is c1ccc(C(c2ccccc2)N2CCC(CNCc3ccco3)(c3ccccc3)CC2)cc1. The van der Waals surface area contributed by atoms with Gasteiger partial charge in [0.2, 0.25) is 0 Å². The summed E-state index contributed by atoms with van der Waals surface area (Å²) < 4.78 is 5.54. The molecule has 1 saturated heterocycles. The maximum absolute atomic E-state index is 5.54. The molecule has 0 bridgehead atoms. The van der Waals surface area contributed by atoms with Gasteiger partial charge in [0, 0.05) is 12.0 Å². The summed E-state index contributed by atoms with van der Waals surface area (Å²) >= 11 is 0. The summed E-state index contributed by atoms with van der Waals surface area (Å²) in [7, 11) is 0. The van der Waals surface area contributed by atoms with Crippen molar-refractivity contribution >= 4 is 0 Å². The predicted molar refractivity (Wildman–Crippen MR) is 134 cm³/mol. The summed E-state index contributed by atoms with van der Waals surface area (Å²) in [4.78, 5) is 2.67. The number of nitrogens with zero attached hydrogens (tertiary/aromatic N) is 1. The molecule has 1 aliphatic heterocycles. The minimum absolute atomic E-state index is 0.127. The van der Waals surface area contributed by atoms with E-state index in [2.05, 4.69) is 101 Å². The first-order valence-corrected chi connectivity index (χ1v) is 12.0. The predicted octanol–water partition coefficient (Wildman–Crippen LogP) is 6.19. The molecule has 5 rings (SSSR count). The first kappa shape index (κ1) is 21.7. The van der Waals surface area contributed by atoms with Crippen LogP contribution in [0.2, 0.25) is 0 Å². The van der Waals surface area contributed by atoms with E-state index in [-0.39, 0.29) is 11.5 Å². The van der Waals surface area contributed by atoms with Gasteiger partial charge in [-0.2, -0.15) is 0 Å². The average molecular weight is 437 g/mol. The van der Waals surface area contributed by atoms with Crippen molar-refractivity contribution in [3.8, 4) is 0 Å². The van der Waals surface area contributed by atoms with E-state index in [0.717, 1.165) is 44.8 Å². The standard InChI is InChI=1S/C30H32N2O/c1-4-11-25(12-5-1)29(26-13-6-2-7-14-26)32-20-18-30(19-21-32,27-15-8-3-9-16-27)24-31-23-28-17-10-22-33-28/h1-17,22,29,31H,18-21,23-24H2. The molecule has 2 heterocycles. The minimum Gasteiger partial charge on any atom is -0.468 e. The van der Waals surface area contributed by atoms with Crippen LogP contribution in [0.3, 0.4) is 0 Å². The quantitative estimate of drug-likeness (QED) is 0.357. The Morgan fingerprint density at radius 2 is 1.30 bits per heavy atom. The normalized spacial score (nSPS) is 16.2. The van der Waals surface area contributed by atoms with Gasteiger partial charge in [-0.25, -0.2) is 0 Å². The molecule has 3 nitrogen and oxygen atoms in total. The highest BCUT2D eigenvalue weighted by atomic mass is 16.3. The summed E-state index contributed by atoms with van der Waals surface area (Å²) in [5.41, 5.74) is 4.30. The van der Waals surface area contributed by atoms with E-state index in [4.69, 9.17) is 4.42 Å². The molecule has 4 aromatic rings. The van der Waals surface area contributed by atoms with Crippen LogP contribution in [0.15, 0.2) is 114 Å². The van der Waals surface area contributed by atoms with Crippen LogP contribution in [-0.2, 0) is 12.0 Å². The van der Waals surface area contributed by atoms with Crippen molar-refractivity contribution in [2.45, 2.75) is 30.8 Å². The number of likely N-dealkylation sites (tertiary alicyclic amines) is 1. The van der Waals surface area contributed by atoms with Gasteiger partial charge in [-0.3, -0.25) is 4.90 Å². The zero-order valence-corrected chi connectivity index (χ0v) is 19.1. The third-order valence-electron chi connectivity index (χ3n) is 7.08. The number of piperidine rings is 1. The first-order chi connectivity index (χ1) is 16.3. The molecule has 0 unspecified atom stereocenters. The molecule has 1 aliphatic rings. The lowest BCUT2D eigenvalue weighted by molar-refractivity contribution is 0.128. The number of benzene rings is 3. The smallest absolute Gasteiger partial charge is 0.117 e. The Balaban J connectivity index is 1.37. The second kappa shape index (κ2) is 10.2. The maximum atomic E-state index is 5.54. The highest BCUT2D eigenvalue weighted by Crippen LogP contribution is 2.39. The molecule has 0 spiro atoms. The van der Waals surface area contributed by atoms with Gasteiger partial charge in [0.1, 0.15) is 5.76 Å². The lowest BCUT2D eigenvalue weighted by atomic mass is 9.72. The Hall–Kier alpha value is -3.14. The summed E-state index contributed by atoms with van der Waals surface area (Å²) in [5.74, 6) is 0.990. The van der Waals surface area contributed by atoms with Gasteiger partial charge in [-0.15, -0.1) is 0 Å². The van der Waals surface area contributed by atoms with E-state index in [0.29, 0.717) is 0 Å². The fourth-order valence-electron chi connectivity index (χ4n) is 5.29. The van der Waals surface area contributed by atoms with Crippen molar-refractivity contribution < 1.29 is 4.42 Å². The zero-order valence-electron chi connectivity index (χ0n) is 19.1. The molecule has 3 heteroatoms. The van der Waals surface area contributed by atoms with Crippen LogP contribution in [0.25, 0.3) is 0 Å². The van der Waals surface area contributed by atoms with Gasteiger partial charge in [0.05, 0.1) is 18.8 Å². The largest absolute Gasteiger partial charge is 0.468 e. The van der Waals surface area contributed by atoms with Crippen molar-refractivity contribution in [3.63, 3.8) is 0 Å². The van der Waals surface area contributed by atoms with E-state index in [1.165, 1.54) is 16.7 Å². The van der Waals surface area contributed by atoms with Gasteiger partial charge in [-0.05, 0) is 54.8 Å². The molecule has 1 aromatic heterocycles. The molecule has 0 aliphatic carbocycles. The Labute approximate surface area is 197 Å². The van der Waals surface area contributed by atoms with Crippen LogP contribution in [0.4, 0.5) is 0 Å². The summed E-state index contributed by atoms with van der Waals surface area (Å²) in [6, 6.07) is 37.2. The van der Waals surface area contributed by atoms with Gasteiger partial charge in [0.15, 0.2) is 0 Å². The zero-order chi connectivity index (χ0) is 22.3. The molecule has 33 heavy (non-hydrogen) atoms. The number of nitrogens with one attached hydrogen (secondary N) is 1. The van der Waals surface area contributed by atoms with Crippen LogP contribution >= 0.6 is 0 Å². The van der Waals surface area contributed by atoms with E-state index in [1.54, 1.807) is 6.26 Å². The van der Waals surface area contributed by atoms with Crippen LogP contribution in [0.5, 0.6) is 0 Å². The second-order valence-electron chi connectivity index (χ2n) is 9.09. The Morgan fingerprint density at radius 3 is 1.85 bits per heavy atom. The van der Waals surface area contributed by atoms with Crippen LogP contribution in [-0.4, -0.2) is 24.5 Å². The number of rotatable bonds is 8. The van der Waals surface area contributed by atoms with E-state index in [1.807, 2.05) is 12.1 Å². The molecular weight excluding hydrogens is 404 g/mol. The van der Waals surface area contributed by atoms with Crippen molar-refractivity contribution in [1.82, 2.24) is 10.2 Å². The lowest BCUT2D eigenvalue weighted by Crippen LogP contribution is -2.48. The summed E-state index contributed by atoms with van der Waals surface area (Å²) in [6.07, 6.45) is 3.99. The second-order valence-corrected chi connectivity index (χ2v) is 9.09. The van der Waals surface area contributed by atoms with E-state index < -0.39 is 0 Å². The lowest BCUT2D eigenvalue weighted by Gasteiger charge is -2.45. The molecule has 0 atom stereocenters. The van der Waals surface area contributed by atoms with Crippen LogP contribution < -0.4 is 5.32 Å². The maximum Gasteiger partial charge on any atom is 0.117 e. The van der Waals surface area contributed by atoms with Crippen LogP contribution in [0, 0.1) is 0 Å². The van der Waals surface area contributed by atoms with Gasteiger partial charge < -0.3 is 9.73 Å². The molecular formula is C30H32N2O. The van der Waals surface area contributed by atoms with Gasteiger partial charge in [0.25, 0.3) is 0 Å². The number of furan rings is 1. The molecule has 0 radical (unpaired) electrons. The molecule has 3 aromatic carbocycles. The van der Waals surface area contributed by atoms with Crippen LogP contribution in [0.1, 0.15) is 41.3 Å². The van der Waals surface area contributed by atoms with Crippen molar-refractivity contribution in [1.29, 1.82) is 0 Å². The third kappa shape index (κ3) is 4.95. The summed E-state index contributed by atoms with van der Waals surface area (Å²) in [6.45, 7) is 3.84. The Morgan fingerprint density at radius 1 is 0.727 bits per heavy atom. The fourth-order valence-corrected chi connectivity index (χ4v) is 5.29. The van der Waals surface area contributed by atoms with Gasteiger partial charge >= 0.3 is 0 Å². The third-order valence-corrected chi connectivity index (χ3v) is 7.08.